The fourth-order valence-corrected chi connectivity index (χ4v) is 1.56. The zero-order valence-corrected chi connectivity index (χ0v) is 9.47. The maximum Gasteiger partial charge on any atom is 0.105 e. The minimum absolute atomic E-state index is 0. The highest BCUT2D eigenvalue weighted by molar-refractivity contribution is 5.85. The number of rotatable bonds is 0. The normalized spacial score (nSPS) is 14.0. The van der Waals surface area contributed by atoms with Gasteiger partial charge in [0.2, 0.25) is 0 Å². The minimum atomic E-state index is 0. The third-order valence-electron chi connectivity index (χ3n) is 2.35. The first-order chi connectivity index (χ1) is 5.29. The van der Waals surface area contributed by atoms with E-state index < -0.39 is 0 Å². The smallest absolute Gasteiger partial charge is 0.105 e. The molecule has 0 saturated heterocycles. The molecule has 0 aliphatic carbocycles. The molecule has 1 N–H and O–H groups in total. The molecule has 5 heteroatoms. The third-order valence-corrected chi connectivity index (χ3v) is 2.35. The molecule has 0 bridgehead atoms. The number of aryl methyl sites for hydroxylation is 1. The van der Waals surface area contributed by atoms with Crippen molar-refractivity contribution in [3.05, 3.63) is 17.2 Å². The topological polar surface area (TPSA) is 29.9 Å². The second kappa shape index (κ2) is 4.84. The average molecular weight is 224 g/mol. The molecule has 0 saturated carbocycles. The molecule has 1 aromatic rings. The molecule has 0 aromatic carbocycles. The van der Waals surface area contributed by atoms with Crippen molar-refractivity contribution >= 4 is 24.8 Å². The molecule has 0 spiro atoms. The summed E-state index contributed by atoms with van der Waals surface area (Å²) in [6.07, 6.45) is 1.08. The van der Waals surface area contributed by atoms with E-state index >= 15 is 0 Å². The number of nitrogens with zero attached hydrogens (tertiary/aromatic N) is 2. The number of aromatic nitrogens is 2. The van der Waals surface area contributed by atoms with Crippen LogP contribution in [0.15, 0.2) is 0 Å². The van der Waals surface area contributed by atoms with E-state index in [2.05, 4.69) is 28.8 Å². The highest BCUT2D eigenvalue weighted by atomic mass is 35.5. The van der Waals surface area contributed by atoms with Crippen LogP contribution in [0.3, 0.4) is 0 Å². The molecule has 13 heavy (non-hydrogen) atoms. The molecule has 76 valence electrons. The van der Waals surface area contributed by atoms with Crippen LogP contribution in [0.25, 0.3) is 0 Å². The van der Waals surface area contributed by atoms with E-state index in [0.29, 0.717) is 0 Å². The van der Waals surface area contributed by atoms with E-state index in [4.69, 9.17) is 0 Å². The summed E-state index contributed by atoms with van der Waals surface area (Å²) in [7, 11) is 2.08. The van der Waals surface area contributed by atoms with E-state index in [9.17, 15) is 0 Å². The lowest BCUT2D eigenvalue weighted by molar-refractivity contribution is 0.605. The maximum absolute atomic E-state index is 4.47. The van der Waals surface area contributed by atoms with Gasteiger partial charge in [-0.05, 0) is 6.92 Å². The van der Waals surface area contributed by atoms with Crippen LogP contribution >= 0.6 is 24.8 Å². The van der Waals surface area contributed by atoms with Gasteiger partial charge in [-0.15, -0.1) is 24.8 Å². The van der Waals surface area contributed by atoms with Crippen molar-refractivity contribution in [2.24, 2.45) is 7.05 Å². The summed E-state index contributed by atoms with van der Waals surface area (Å²) >= 11 is 0. The van der Waals surface area contributed by atoms with Crippen LogP contribution in [0.1, 0.15) is 17.2 Å². The first-order valence-electron chi connectivity index (χ1n) is 4.01. The maximum atomic E-state index is 4.47. The Hall–Kier alpha value is -0.250. The van der Waals surface area contributed by atoms with Crippen LogP contribution in [-0.4, -0.2) is 16.1 Å². The predicted molar refractivity (Wildman–Crippen MR) is 57.9 cm³/mol. The number of hydrogen-bond donors (Lipinski definition) is 1. The first-order valence-corrected chi connectivity index (χ1v) is 4.01. The Morgan fingerprint density at radius 3 is 2.69 bits per heavy atom. The number of imidazole rings is 1. The molecule has 0 radical (unpaired) electrons. The molecule has 0 unspecified atom stereocenters. The summed E-state index contributed by atoms with van der Waals surface area (Å²) < 4.78 is 2.17. The summed E-state index contributed by atoms with van der Waals surface area (Å²) in [5.41, 5.74) is 2.64. The van der Waals surface area contributed by atoms with Crippen LogP contribution in [0.4, 0.5) is 0 Å². The van der Waals surface area contributed by atoms with Crippen molar-refractivity contribution in [3.8, 4) is 0 Å². The van der Waals surface area contributed by atoms with E-state index in [1.54, 1.807) is 0 Å². The monoisotopic (exact) mass is 223 g/mol. The second-order valence-corrected chi connectivity index (χ2v) is 3.04. The highest BCUT2D eigenvalue weighted by Gasteiger charge is 2.14. The van der Waals surface area contributed by atoms with Crippen molar-refractivity contribution in [2.45, 2.75) is 19.9 Å². The fraction of sp³-hybridized carbons (Fsp3) is 0.625. The van der Waals surface area contributed by atoms with Gasteiger partial charge >= 0.3 is 0 Å². The van der Waals surface area contributed by atoms with Crippen LogP contribution < -0.4 is 5.32 Å². The van der Waals surface area contributed by atoms with Gasteiger partial charge in [0.25, 0.3) is 0 Å². The van der Waals surface area contributed by atoms with Crippen molar-refractivity contribution in [2.75, 3.05) is 6.54 Å². The average Bonchev–Trinajstić information content (AvgIpc) is 2.30. The largest absolute Gasteiger partial charge is 0.334 e. The Morgan fingerprint density at radius 2 is 2.08 bits per heavy atom. The summed E-state index contributed by atoms with van der Waals surface area (Å²) in [5, 5.41) is 3.33. The number of hydrogen-bond acceptors (Lipinski definition) is 2. The standard InChI is InChI=1S/C8H13N3.2ClH/c1-6-10-7-3-4-9-5-8(7)11(6)2;;/h9H,3-5H2,1-2H3;2*1H. The zero-order chi connectivity index (χ0) is 7.84. The molecular formula is C8H15Cl2N3. The van der Waals surface area contributed by atoms with Crippen LogP contribution in [0.2, 0.25) is 0 Å². The molecule has 3 nitrogen and oxygen atoms in total. The van der Waals surface area contributed by atoms with Crippen molar-refractivity contribution < 1.29 is 0 Å². The van der Waals surface area contributed by atoms with Gasteiger partial charge in [-0.3, -0.25) is 0 Å². The Kier molecular flexibility index (Phi) is 4.75. The number of fused-ring (bicyclic) bond motifs is 1. The second-order valence-electron chi connectivity index (χ2n) is 3.04. The lowest BCUT2D eigenvalue weighted by Crippen LogP contribution is -2.24. The van der Waals surface area contributed by atoms with Gasteiger partial charge in [0.1, 0.15) is 5.82 Å². The fourth-order valence-electron chi connectivity index (χ4n) is 1.56. The Morgan fingerprint density at radius 1 is 1.38 bits per heavy atom. The Labute approximate surface area is 90.7 Å². The molecule has 1 aliphatic heterocycles. The van der Waals surface area contributed by atoms with E-state index in [-0.39, 0.29) is 24.8 Å². The van der Waals surface area contributed by atoms with Gasteiger partial charge in [-0.2, -0.15) is 0 Å². The summed E-state index contributed by atoms with van der Waals surface area (Å²) in [6.45, 7) is 4.11. The molecule has 1 aliphatic rings. The quantitative estimate of drug-likeness (QED) is 0.718. The third kappa shape index (κ3) is 2.16. The van der Waals surface area contributed by atoms with Gasteiger partial charge in [0.05, 0.1) is 11.4 Å². The SMILES string of the molecule is Cc1nc2c(n1C)CNCC2.Cl.Cl. The minimum Gasteiger partial charge on any atom is -0.334 e. The lowest BCUT2D eigenvalue weighted by atomic mass is 10.2. The summed E-state index contributed by atoms with van der Waals surface area (Å²) in [4.78, 5) is 4.47. The number of halogens is 2. The molecule has 0 fully saturated rings. The van der Waals surface area contributed by atoms with Gasteiger partial charge in [-0.1, -0.05) is 0 Å². The molecule has 2 rings (SSSR count). The predicted octanol–water partition coefficient (Wildman–Crippen LogP) is 1.22. The zero-order valence-electron chi connectivity index (χ0n) is 7.83. The summed E-state index contributed by atoms with van der Waals surface area (Å²) in [6, 6.07) is 0. The molecular weight excluding hydrogens is 209 g/mol. The lowest BCUT2D eigenvalue weighted by Gasteiger charge is -2.12. The molecule has 0 amide bonds. The Balaban J connectivity index is 0.000000720. The van der Waals surface area contributed by atoms with Crippen LogP contribution in [0, 0.1) is 6.92 Å². The van der Waals surface area contributed by atoms with E-state index in [1.807, 2.05) is 0 Å². The number of nitrogens with one attached hydrogen (secondary N) is 1. The van der Waals surface area contributed by atoms with Gasteiger partial charge in [0.15, 0.2) is 0 Å². The van der Waals surface area contributed by atoms with Crippen LogP contribution in [-0.2, 0) is 20.0 Å². The molecule has 1 aromatic heterocycles. The van der Waals surface area contributed by atoms with E-state index in [1.165, 1.54) is 11.4 Å². The Bertz CT molecular complexity index is 283. The van der Waals surface area contributed by atoms with Crippen molar-refractivity contribution in [1.82, 2.24) is 14.9 Å². The van der Waals surface area contributed by atoms with Gasteiger partial charge in [0, 0.05) is 26.6 Å². The molecule has 2 heterocycles. The highest BCUT2D eigenvalue weighted by Crippen LogP contribution is 2.12. The molecule has 0 atom stereocenters. The van der Waals surface area contributed by atoms with Crippen LogP contribution in [0.5, 0.6) is 0 Å². The van der Waals surface area contributed by atoms with Crippen molar-refractivity contribution in [1.29, 1.82) is 0 Å². The first kappa shape index (κ1) is 12.8. The van der Waals surface area contributed by atoms with Gasteiger partial charge < -0.3 is 9.88 Å². The van der Waals surface area contributed by atoms with Gasteiger partial charge in [-0.25, -0.2) is 4.98 Å². The summed E-state index contributed by atoms with van der Waals surface area (Å²) in [5.74, 6) is 1.12. The van der Waals surface area contributed by atoms with E-state index in [0.717, 1.165) is 25.3 Å². The van der Waals surface area contributed by atoms with Crippen molar-refractivity contribution in [3.63, 3.8) is 0 Å².